The van der Waals surface area contributed by atoms with Crippen molar-refractivity contribution in [3.63, 3.8) is 0 Å². The maximum Gasteiger partial charge on any atom is 0.0758 e. The van der Waals surface area contributed by atoms with Gasteiger partial charge in [-0.25, -0.2) is 0 Å². The number of nitrogens with zero attached hydrogens (tertiary/aromatic N) is 1. The summed E-state index contributed by atoms with van der Waals surface area (Å²) in [5.74, 6) is 0. The minimum atomic E-state index is 0.227. The Labute approximate surface area is 122 Å². The van der Waals surface area contributed by atoms with Gasteiger partial charge in [-0.1, -0.05) is 19.3 Å². The highest BCUT2D eigenvalue weighted by atomic mass is 16.5. The fourth-order valence-corrected chi connectivity index (χ4v) is 3.73. The van der Waals surface area contributed by atoms with Gasteiger partial charge in [0, 0.05) is 25.0 Å². The molecule has 3 heteroatoms. The molecule has 20 heavy (non-hydrogen) atoms. The highest BCUT2D eigenvalue weighted by Gasteiger charge is 2.40. The van der Waals surface area contributed by atoms with E-state index in [4.69, 9.17) is 10.5 Å². The summed E-state index contributed by atoms with van der Waals surface area (Å²) in [6.07, 6.45) is 9.48. The third-order valence-corrected chi connectivity index (χ3v) is 4.91. The Morgan fingerprint density at radius 2 is 1.85 bits per heavy atom. The van der Waals surface area contributed by atoms with Gasteiger partial charge in [-0.05, 0) is 49.9 Å². The molecule has 0 bridgehead atoms. The quantitative estimate of drug-likeness (QED) is 0.856. The Morgan fingerprint density at radius 3 is 2.55 bits per heavy atom. The number of benzene rings is 1. The molecule has 3 rings (SSSR count). The molecule has 2 N–H and O–H groups in total. The fourth-order valence-electron chi connectivity index (χ4n) is 3.73. The van der Waals surface area contributed by atoms with Crippen LogP contribution in [0.3, 0.4) is 0 Å². The topological polar surface area (TPSA) is 38.5 Å². The third kappa shape index (κ3) is 2.93. The van der Waals surface area contributed by atoms with Crippen LogP contribution in [-0.4, -0.2) is 25.3 Å². The Balaban J connectivity index is 1.57. The maximum absolute atomic E-state index is 6.44. The lowest BCUT2D eigenvalue weighted by Crippen LogP contribution is -2.35. The Kier molecular flexibility index (Phi) is 3.88. The average Bonchev–Trinajstić information content (AvgIpc) is 2.83. The lowest BCUT2D eigenvalue weighted by Gasteiger charge is -2.34. The van der Waals surface area contributed by atoms with Gasteiger partial charge in [-0.2, -0.15) is 0 Å². The van der Waals surface area contributed by atoms with Crippen LogP contribution in [0.25, 0.3) is 0 Å². The van der Waals surface area contributed by atoms with Crippen molar-refractivity contribution in [3.8, 4) is 0 Å². The van der Waals surface area contributed by atoms with E-state index in [-0.39, 0.29) is 5.60 Å². The van der Waals surface area contributed by atoms with Crippen LogP contribution in [0.5, 0.6) is 0 Å². The van der Waals surface area contributed by atoms with E-state index in [0.717, 1.165) is 12.2 Å². The van der Waals surface area contributed by atoms with Crippen LogP contribution in [0.15, 0.2) is 24.3 Å². The fraction of sp³-hybridized carbons (Fsp3) is 0.647. The van der Waals surface area contributed by atoms with Crippen LogP contribution in [0, 0.1) is 0 Å². The lowest BCUT2D eigenvalue weighted by molar-refractivity contribution is -0.0602. The predicted octanol–water partition coefficient (Wildman–Crippen LogP) is 3.59. The molecule has 2 aliphatic rings. The molecule has 0 amide bonds. The normalized spacial score (nSPS) is 24.9. The van der Waals surface area contributed by atoms with Crippen molar-refractivity contribution >= 4 is 11.4 Å². The monoisotopic (exact) mass is 274 g/mol. The molecule has 1 unspecified atom stereocenters. The van der Waals surface area contributed by atoms with E-state index in [0.29, 0.717) is 6.10 Å². The number of nitrogens with two attached hydrogens (primary N) is 1. The second-order valence-corrected chi connectivity index (χ2v) is 6.49. The smallest absolute Gasteiger partial charge is 0.0758 e. The Bertz CT molecular complexity index is 437. The van der Waals surface area contributed by atoms with E-state index >= 15 is 0 Å². The average molecular weight is 274 g/mol. The summed E-state index contributed by atoms with van der Waals surface area (Å²) in [5, 5.41) is 0. The largest absolute Gasteiger partial charge is 0.399 e. The molecule has 1 saturated carbocycles. The van der Waals surface area contributed by atoms with Crippen molar-refractivity contribution in [2.75, 3.05) is 24.2 Å². The van der Waals surface area contributed by atoms with Gasteiger partial charge in [0.25, 0.3) is 0 Å². The van der Waals surface area contributed by atoms with E-state index < -0.39 is 0 Å². The molecule has 1 saturated heterocycles. The number of anilines is 2. The Hall–Kier alpha value is -1.22. The number of nitrogen functional groups attached to an aromatic ring is 1. The van der Waals surface area contributed by atoms with Gasteiger partial charge < -0.3 is 15.4 Å². The lowest BCUT2D eigenvalue weighted by atomic mass is 9.83. The molecule has 1 atom stereocenters. The van der Waals surface area contributed by atoms with Crippen LogP contribution in [0.4, 0.5) is 11.4 Å². The summed E-state index contributed by atoms with van der Waals surface area (Å²) in [6.45, 7) is 0.978. The predicted molar refractivity (Wildman–Crippen MR) is 84.0 cm³/mol. The van der Waals surface area contributed by atoms with Gasteiger partial charge >= 0.3 is 0 Å². The second-order valence-electron chi connectivity index (χ2n) is 6.49. The SMILES string of the molecule is CN(CC1CCC2(CCCCC2)O1)c1ccc(N)cc1. The number of rotatable bonds is 3. The van der Waals surface area contributed by atoms with Crippen LogP contribution >= 0.6 is 0 Å². The molecule has 3 nitrogen and oxygen atoms in total. The van der Waals surface area contributed by atoms with Gasteiger partial charge in [0.1, 0.15) is 0 Å². The van der Waals surface area contributed by atoms with Crippen molar-refractivity contribution in [1.82, 2.24) is 0 Å². The van der Waals surface area contributed by atoms with Crippen LogP contribution in [0.2, 0.25) is 0 Å². The van der Waals surface area contributed by atoms with E-state index in [1.54, 1.807) is 0 Å². The third-order valence-electron chi connectivity index (χ3n) is 4.91. The molecule has 110 valence electrons. The van der Waals surface area contributed by atoms with Gasteiger partial charge in [0.15, 0.2) is 0 Å². The van der Waals surface area contributed by atoms with Gasteiger partial charge in [0.2, 0.25) is 0 Å². The van der Waals surface area contributed by atoms with Crippen LogP contribution in [-0.2, 0) is 4.74 Å². The molecule has 2 fully saturated rings. The second kappa shape index (κ2) is 5.65. The van der Waals surface area contributed by atoms with Crippen LogP contribution in [0.1, 0.15) is 44.9 Å². The van der Waals surface area contributed by atoms with Crippen molar-refractivity contribution in [2.45, 2.75) is 56.7 Å². The van der Waals surface area contributed by atoms with E-state index in [1.807, 2.05) is 12.1 Å². The molecular formula is C17H26N2O. The summed E-state index contributed by atoms with van der Waals surface area (Å²) >= 11 is 0. The zero-order valence-corrected chi connectivity index (χ0v) is 12.5. The number of likely N-dealkylation sites (N-methyl/N-ethyl adjacent to an activating group) is 1. The zero-order chi connectivity index (χ0) is 14.0. The van der Waals surface area contributed by atoms with Crippen molar-refractivity contribution in [2.24, 2.45) is 0 Å². The van der Waals surface area contributed by atoms with E-state index in [2.05, 4.69) is 24.1 Å². The summed E-state index contributed by atoms with van der Waals surface area (Å²) in [5.41, 5.74) is 8.00. The molecule has 0 radical (unpaired) electrons. The molecule has 1 spiro atoms. The van der Waals surface area contributed by atoms with Gasteiger partial charge in [0.05, 0.1) is 11.7 Å². The summed E-state index contributed by atoms with van der Waals surface area (Å²) in [7, 11) is 2.14. The molecule has 0 aromatic heterocycles. The van der Waals surface area contributed by atoms with Crippen molar-refractivity contribution < 1.29 is 4.74 Å². The highest BCUT2D eigenvalue weighted by molar-refractivity contribution is 5.52. The molecular weight excluding hydrogens is 248 g/mol. The first-order valence-electron chi connectivity index (χ1n) is 7.91. The van der Waals surface area contributed by atoms with E-state index in [1.165, 1.54) is 50.6 Å². The zero-order valence-electron chi connectivity index (χ0n) is 12.5. The summed E-state index contributed by atoms with van der Waals surface area (Å²) < 4.78 is 6.44. The molecule has 1 aliphatic carbocycles. The summed E-state index contributed by atoms with van der Waals surface area (Å²) in [6, 6.07) is 8.09. The molecule has 1 aromatic carbocycles. The molecule has 1 heterocycles. The highest BCUT2D eigenvalue weighted by Crippen LogP contribution is 2.42. The van der Waals surface area contributed by atoms with Crippen molar-refractivity contribution in [3.05, 3.63) is 24.3 Å². The minimum absolute atomic E-state index is 0.227. The first-order chi connectivity index (χ1) is 9.67. The number of hydrogen-bond donors (Lipinski definition) is 1. The molecule has 1 aliphatic heterocycles. The minimum Gasteiger partial charge on any atom is -0.399 e. The summed E-state index contributed by atoms with van der Waals surface area (Å²) in [4.78, 5) is 2.28. The standard InChI is InChI=1S/C17H26N2O/c1-19(15-7-5-14(18)6-8-15)13-16-9-12-17(20-16)10-3-2-4-11-17/h5-8,16H,2-4,9-13,18H2,1H3. The maximum atomic E-state index is 6.44. The first-order valence-corrected chi connectivity index (χ1v) is 7.91. The Morgan fingerprint density at radius 1 is 1.15 bits per heavy atom. The van der Waals surface area contributed by atoms with Crippen LogP contribution < -0.4 is 10.6 Å². The first kappa shape index (κ1) is 13.7. The molecule has 1 aromatic rings. The van der Waals surface area contributed by atoms with Gasteiger partial charge in [-0.15, -0.1) is 0 Å². The number of hydrogen-bond acceptors (Lipinski definition) is 3. The van der Waals surface area contributed by atoms with E-state index in [9.17, 15) is 0 Å². The van der Waals surface area contributed by atoms with Crippen molar-refractivity contribution in [1.29, 1.82) is 0 Å². The number of ether oxygens (including phenoxy) is 1. The van der Waals surface area contributed by atoms with Gasteiger partial charge in [-0.3, -0.25) is 0 Å².